The number of guanidine groups is 1. The van der Waals surface area contributed by atoms with Crippen molar-refractivity contribution in [2.45, 2.75) is 38.7 Å². The minimum atomic E-state index is -3.37. The number of nitrogens with zero attached hydrogens (tertiary/aromatic N) is 2. The van der Waals surface area contributed by atoms with Crippen LogP contribution >= 0.6 is 0 Å². The van der Waals surface area contributed by atoms with Gasteiger partial charge in [-0.3, -0.25) is 4.99 Å². The molecule has 1 aromatic carbocycles. The molecule has 0 atom stereocenters. The standard InChI is InChI=1S/C19H29N5O2S/c1-16(2)23-27(25,26)15-18-9-5-4-8-17(18)14-22-19(20-3)21-10-13-24-11-6-7-12-24/h4-9,11-12,16,23H,10,13-15H2,1-3H3,(H2,20,21,22). The first-order valence-electron chi connectivity index (χ1n) is 9.01. The van der Waals surface area contributed by atoms with E-state index in [0.717, 1.165) is 24.2 Å². The second-order valence-electron chi connectivity index (χ2n) is 6.57. The van der Waals surface area contributed by atoms with Gasteiger partial charge in [0.1, 0.15) is 0 Å². The van der Waals surface area contributed by atoms with Crippen molar-refractivity contribution in [2.24, 2.45) is 4.99 Å². The Kier molecular flexibility index (Phi) is 7.87. The lowest BCUT2D eigenvalue weighted by Crippen LogP contribution is -2.38. The van der Waals surface area contributed by atoms with Gasteiger partial charge < -0.3 is 15.2 Å². The number of aliphatic imine (C=N–C) groups is 1. The van der Waals surface area contributed by atoms with Crippen LogP contribution in [-0.2, 0) is 28.9 Å². The van der Waals surface area contributed by atoms with Crippen LogP contribution in [-0.4, -0.2) is 38.6 Å². The highest BCUT2D eigenvalue weighted by atomic mass is 32.2. The molecule has 0 aliphatic heterocycles. The number of rotatable bonds is 9. The van der Waals surface area contributed by atoms with Gasteiger partial charge in [-0.1, -0.05) is 24.3 Å². The molecule has 7 nitrogen and oxygen atoms in total. The zero-order valence-electron chi connectivity index (χ0n) is 16.1. The molecule has 0 saturated carbocycles. The maximum absolute atomic E-state index is 12.2. The van der Waals surface area contributed by atoms with Gasteiger partial charge >= 0.3 is 0 Å². The van der Waals surface area contributed by atoms with Crippen LogP contribution in [0.3, 0.4) is 0 Å². The summed E-state index contributed by atoms with van der Waals surface area (Å²) in [5.74, 6) is 0.642. The predicted octanol–water partition coefficient (Wildman–Crippen LogP) is 1.68. The monoisotopic (exact) mass is 391 g/mol. The molecule has 148 valence electrons. The lowest BCUT2D eigenvalue weighted by atomic mass is 10.1. The van der Waals surface area contributed by atoms with Gasteiger partial charge in [-0.15, -0.1) is 0 Å². The van der Waals surface area contributed by atoms with E-state index < -0.39 is 10.0 Å². The molecule has 1 heterocycles. The molecular formula is C19H29N5O2S. The van der Waals surface area contributed by atoms with Gasteiger partial charge in [-0.05, 0) is 37.1 Å². The van der Waals surface area contributed by atoms with Crippen LogP contribution < -0.4 is 15.4 Å². The first-order chi connectivity index (χ1) is 12.9. The van der Waals surface area contributed by atoms with Crippen molar-refractivity contribution < 1.29 is 8.42 Å². The van der Waals surface area contributed by atoms with Crippen molar-refractivity contribution in [3.8, 4) is 0 Å². The third-order valence-electron chi connectivity index (χ3n) is 3.88. The van der Waals surface area contributed by atoms with Gasteiger partial charge in [0, 0.05) is 45.1 Å². The maximum atomic E-state index is 12.2. The lowest BCUT2D eigenvalue weighted by Gasteiger charge is -2.15. The van der Waals surface area contributed by atoms with Gasteiger partial charge in [0.2, 0.25) is 10.0 Å². The van der Waals surface area contributed by atoms with E-state index in [1.807, 2.05) is 62.6 Å². The number of hydrogen-bond donors (Lipinski definition) is 3. The highest BCUT2D eigenvalue weighted by molar-refractivity contribution is 7.88. The van der Waals surface area contributed by atoms with Crippen molar-refractivity contribution in [3.63, 3.8) is 0 Å². The Labute approximate surface area is 161 Å². The van der Waals surface area contributed by atoms with Crippen LogP contribution in [0.1, 0.15) is 25.0 Å². The van der Waals surface area contributed by atoms with Crippen LogP contribution in [0.5, 0.6) is 0 Å². The summed E-state index contributed by atoms with van der Waals surface area (Å²) in [4.78, 5) is 4.22. The number of sulfonamides is 1. The van der Waals surface area contributed by atoms with Crippen molar-refractivity contribution in [3.05, 3.63) is 59.9 Å². The van der Waals surface area contributed by atoms with Crippen molar-refractivity contribution >= 4 is 16.0 Å². The van der Waals surface area contributed by atoms with Crippen LogP contribution in [0.25, 0.3) is 0 Å². The predicted molar refractivity (Wildman–Crippen MR) is 110 cm³/mol. The fraction of sp³-hybridized carbons (Fsp3) is 0.421. The van der Waals surface area contributed by atoms with E-state index in [-0.39, 0.29) is 11.8 Å². The number of nitrogens with one attached hydrogen (secondary N) is 3. The molecule has 0 bridgehead atoms. The summed E-state index contributed by atoms with van der Waals surface area (Å²) in [5.41, 5.74) is 1.71. The Hall–Kier alpha value is -2.32. The molecular weight excluding hydrogens is 362 g/mol. The van der Waals surface area contributed by atoms with Crippen LogP contribution in [0.4, 0.5) is 0 Å². The highest BCUT2D eigenvalue weighted by Gasteiger charge is 2.15. The first kappa shape index (κ1) is 21.0. The molecule has 0 aliphatic carbocycles. The van der Waals surface area contributed by atoms with E-state index in [4.69, 9.17) is 0 Å². The largest absolute Gasteiger partial charge is 0.355 e. The Morgan fingerprint density at radius 3 is 2.37 bits per heavy atom. The van der Waals surface area contributed by atoms with Crippen LogP contribution in [0.15, 0.2) is 53.8 Å². The van der Waals surface area contributed by atoms with Gasteiger partial charge in [-0.25, -0.2) is 13.1 Å². The second-order valence-corrected chi connectivity index (χ2v) is 8.33. The minimum absolute atomic E-state index is 0.0390. The number of hydrogen-bond acceptors (Lipinski definition) is 3. The van der Waals surface area contributed by atoms with Gasteiger partial charge in [0.25, 0.3) is 0 Å². The number of aromatic nitrogens is 1. The Morgan fingerprint density at radius 2 is 1.74 bits per heavy atom. The molecule has 0 spiro atoms. The lowest BCUT2D eigenvalue weighted by molar-refractivity contribution is 0.568. The maximum Gasteiger partial charge on any atom is 0.216 e. The SMILES string of the molecule is CN=C(NCCn1cccc1)NCc1ccccc1CS(=O)(=O)NC(C)C. The zero-order chi connectivity index (χ0) is 19.7. The smallest absolute Gasteiger partial charge is 0.216 e. The molecule has 27 heavy (non-hydrogen) atoms. The first-order valence-corrected chi connectivity index (χ1v) is 10.7. The van der Waals surface area contributed by atoms with E-state index in [9.17, 15) is 8.42 Å². The molecule has 0 saturated heterocycles. The molecule has 2 aromatic rings. The Balaban J connectivity index is 1.92. The van der Waals surface area contributed by atoms with Crippen LogP contribution in [0, 0.1) is 0 Å². The summed E-state index contributed by atoms with van der Waals surface area (Å²) in [6, 6.07) is 11.4. The summed E-state index contributed by atoms with van der Waals surface area (Å²) in [5, 5.41) is 6.51. The summed E-state index contributed by atoms with van der Waals surface area (Å²) in [6.45, 7) is 5.70. The molecule has 1 aromatic heterocycles. The average molecular weight is 392 g/mol. The third-order valence-corrected chi connectivity index (χ3v) is 5.40. The zero-order valence-corrected chi connectivity index (χ0v) is 17.0. The molecule has 0 aliphatic rings. The normalized spacial score (nSPS) is 12.4. The summed E-state index contributed by atoms with van der Waals surface area (Å²) in [6.07, 6.45) is 4.03. The molecule has 0 radical (unpaired) electrons. The average Bonchev–Trinajstić information content (AvgIpc) is 3.11. The van der Waals surface area contributed by atoms with Crippen molar-refractivity contribution in [1.29, 1.82) is 0 Å². The molecule has 0 amide bonds. The summed E-state index contributed by atoms with van der Waals surface area (Å²) in [7, 11) is -1.65. The van der Waals surface area contributed by atoms with E-state index in [1.165, 1.54) is 0 Å². The molecule has 2 rings (SSSR count). The molecule has 0 fully saturated rings. The van der Waals surface area contributed by atoms with E-state index in [1.54, 1.807) is 7.05 Å². The topological polar surface area (TPSA) is 87.5 Å². The summed E-state index contributed by atoms with van der Waals surface area (Å²) < 4.78 is 29.2. The van der Waals surface area contributed by atoms with Gasteiger partial charge in [0.15, 0.2) is 5.96 Å². The summed E-state index contributed by atoms with van der Waals surface area (Å²) >= 11 is 0. The fourth-order valence-corrected chi connectivity index (χ4v) is 4.19. The molecule has 0 unspecified atom stereocenters. The van der Waals surface area contributed by atoms with Crippen molar-refractivity contribution in [2.75, 3.05) is 13.6 Å². The second kappa shape index (κ2) is 10.1. The Morgan fingerprint density at radius 1 is 1.07 bits per heavy atom. The number of benzene rings is 1. The third kappa shape index (κ3) is 7.44. The van der Waals surface area contributed by atoms with Gasteiger partial charge in [-0.2, -0.15) is 0 Å². The minimum Gasteiger partial charge on any atom is -0.355 e. The highest BCUT2D eigenvalue weighted by Crippen LogP contribution is 2.12. The van der Waals surface area contributed by atoms with Crippen LogP contribution in [0.2, 0.25) is 0 Å². The Bertz CT molecular complexity index is 830. The fourth-order valence-electron chi connectivity index (χ4n) is 2.70. The van der Waals surface area contributed by atoms with Gasteiger partial charge in [0.05, 0.1) is 5.75 Å². The van der Waals surface area contributed by atoms with Crippen molar-refractivity contribution in [1.82, 2.24) is 19.9 Å². The molecule has 3 N–H and O–H groups in total. The quantitative estimate of drug-likeness (QED) is 0.448. The van der Waals surface area contributed by atoms with E-state index >= 15 is 0 Å². The van der Waals surface area contributed by atoms with E-state index in [0.29, 0.717) is 12.5 Å². The van der Waals surface area contributed by atoms with E-state index in [2.05, 4.69) is 24.9 Å². The molecule has 8 heteroatoms.